The summed E-state index contributed by atoms with van der Waals surface area (Å²) in [5.41, 5.74) is 0. The Bertz CT molecular complexity index is 255. The van der Waals surface area contributed by atoms with E-state index in [1.54, 1.807) is 0 Å². The van der Waals surface area contributed by atoms with Gasteiger partial charge in [-0.1, -0.05) is 110 Å². The molecule has 0 amide bonds. The van der Waals surface area contributed by atoms with Crippen LogP contribution in [-0.4, -0.2) is 22.9 Å². The molecule has 0 aliphatic carbocycles. The summed E-state index contributed by atoms with van der Waals surface area (Å²) in [5.74, 6) is 0.405. The molecule has 0 aromatic rings. The number of unbranched alkanes of at least 4 members (excludes halogenated alkanes) is 13. The van der Waals surface area contributed by atoms with Gasteiger partial charge in [0.2, 0.25) is 0 Å². The third-order valence-corrected chi connectivity index (χ3v) is 5.81. The van der Waals surface area contributed by atoms with Crippen LogP contribution in [0.1, 0.15) is 136 Å². The molecule has 2 N–H and O–H groups in total. The van der Waals surface area contributed by atoms with E-state index in [4.69, 9.17) is 5.11 Å². The Morgan fingerprint density at radius 3 is 1.35 bits per heavy atom. The van der Waals surface area contributed by atoms with Crippen molar-refractivity contribution in [1.82, 2.24) is 0 Å². The molecule has 158 valence electrons. The maximum absolute atomic E-state index is 10.6. The van der Waals surface area contributed by atoms with Gasteiger partial charge in [-0.2, -0.15) is 0 Å². The minimum absolute atomic E-state index is 0.151. The van der Waals surface area contributed by atoms with Gasteiger partial charge in [0.05, 0.1) is 6.10 Å². The van der Waals surface area contributed by atoms with Gasteiger partial charge in [-0.25, -0.2) is 0 Å². The second-order valence-electron chi connectivity index (χ2n) is 8.37. The molecule has 2 nitrogen and oxygen atoms in total. The molecule has 0 aliphatic rings. The molecule has 0 rings (SSSR count). The standard InChI is InChI=1S/C24H50O2/c1-3-5-7-9-11-12-13-15-17-21-24(26)23(20-18-22-25)19-16-14-10-8-6-4-2/h23-26H,3-22H2,1-2H3. The zero-order valence-corrected chi connectivity index (χ0v) is 18.2. The maximum atomic E-state index is 10.6. The Morgan fingerprint density at radius 1 is 0.500 bits per heavy atom. The fourth-order valence-corrected chi connectivity index (χ4v) is 3.97. The van der Waals surface area contributed by atoms with Crippen molar-refractivity contribution in [2.75, 3.05) is 6.61 Å². The molecular formula is C24H50O2. The predicted octanol–water partition coefficient (Wildman–Crippen LogP) is 7.41. The van der Waals surface area contributed by atoms with Crippen molar-refractivity contribution in [3.63, 3.8) is 0 Å². The molecule has 0 saturated carbocycles. The van der Waals surface area contributed by atoms with Crippen molar-refractivity contribution in [2.24, 2.45) is 5.92 Å². The van der Waals surface area contributed by atoms with Crippen LogP contribution in [0, 0.1) is 5.92 Å². The van der Waals surface area contributed by atoms with Gasteiger partial charge in [-0.3, -0.25) is 0 Å². The van der Waals surface area contributed by atoms with Crippen LogP contribution < -0.4 is 0 Å². The Hall–Kier alpha value is -0.0800. The van der Waals surface area contributed by atoms with Crippen molar-refractivity contribution in [3.8, 4) is 0 Å². The van der Waals surface area contributed by atoms with Crippen molar-refractivity contribution in [3.05, 3.63) is 0 Å². The first kappa shape index (κ1) is 25.9. The fraction of sp³-hybridized carbons (Fsp3) is 1.00. The highest BCUT2D eigenvalue weighted by atomic mass is 16.3. The van der Waals surface area contributed by atoms with E-state index in [1.165, 1.54) is 96.3 Å². The monoisotopic (exact) mass is 370 g/mol. The molecule has 0 aliphatic heterocycles. The second kappa shape index (κ2) is 21.2. The van der Waals surface area contributed by atoms with E-state index < -0.39 is 0 Å². The van der Waals surface area contributed by atoms with Gasteiger partial charge in [0.25, 0.3) is 0 Å². The molecular weight excluding hydrogens is 320 g/mol. The summed E-state index contributed by atoms with van der Waals surface area (Å²) in [6.45, 7) is 4.79. The highest BCUT2D eigenvalue weighted by Gasteiger charge is 2.18. The first-order valence-electron chi connectivity index (χ1n) is 12.0. The highest BCUT2D eigenvalue weighted by Crippen LogP contribution is 2.24. The zero-order chi connectivity index (χ0) is 19.3. The Balaban J connectivity index is 3.73. The molecule has 0 aromatic carbocycles. The van der Waals surface area contributed by atoms with Gasteiger partial charge in [0.1, 0.15) is 0 Å². The van der Waals surface area contributed by atoms with Gasteiger partial charge in [-0.15, -0.1) is 0 Å². The average Bonchev–Trinajstić information content (AvgIpc) is 2.65. The van der Waals surface area contributed by atoms with Crippen LogP contribution in [0.4, 0.5) is 0 Å². The molecule has 0 fully saturated rings. The summed E-state index contributed by atoms with van der Waals surface area (Å²) in [5, 5.41) is 19.7. The molecule has 0 saturated heterocycles. The average molecular weight is 371 g/mol. The van der Waals surface area contributed by atoms with Crippen LogP contribution in [0.2, 0.25) is 0 Å². The van der Waals surface area contributed by atoms with Crippen molar-refractivity contribution in [2.45, 2.75) is 142 Å². The van der Waals surface area contributed by atoms with E-state index in [2.05, 4.69) is 13.8 Å². The zero-order valence-electron chi connectivity index (χ0n) is 18.2. The van der Waals surface area contributed by atoms with Crippen LogP contribution in [0.5, 0.6) is 0 Å². The third kappa shape index (κ3) is 17.3. The molecule has 0 heterocycles. The Kier molecular flexibility index (Phi) is 21.2. The first-order valence-corrected chi connectivity index (χ1v) is 12.0. The first-order chi connectivity index (χ1) is 12.8. The molecule has 2 unspecified atom stereocenters. The fourth-order valence-electron chi connectivity index (χ4n) is 3.97. The van der Waals surface area contributed by atoms with E-state index in [0.717, 1.165) is 25.7 Å². The maximum Gasteiger partial charge on any atom is 0.0568 e. The summed E-state index contributed by atoms with van der Waals surface area (Å²) < 4.78 is 0. The quantitative estimate of drug-likeness (QED) is 0.206. The molecule has 2 atom stereocenters. The van der Waals surface area contributed by atoms with Crippen LogP contribution in [0.15, 0.2) is 0 Å². The SMILES string of the molecule is CCCCCCCCCCCC(O)C(CCCO)CCCCCCCC. The third-order valence-electron chi connectivity index (χ3n) is 5.81. The minimum atomic E-state index is -0.151. The Morgan fingerprint density at radius 2 is 0.885 bits per heavy atom. The van der Waals surface area contributed by atoms with Crippen LogP contribution in [-0.2, 0) is 0 Å². The lowest BCUT2D eigenvalue weighted by molar-refractivity contribution is 0.0801. The highest BCUT2D eigenvalue weighted by molar-refractivity contribution is 4.70. The van der Waals surface area contributed by atoms with Gasteiger partial charge >= 0.3 is 0 Å². The van der Waals surface area contributed by atoms with Crippen molar-refractivity contribution >= 4 is 0 Å². The summed E-state index contributed by atoms with van der Waals surface area (Å²) >= 11 is 0. The molecule has 0 bridgehead atoms. The molecule has 26 heavy (non-hydrogen) atoms. The van der Waals surface area contributed by atoms with Crippen molar-refractivity contribution < 1.29 is 10.2 Å². The van der Waals surface area contributed by atoms with E-state index in [-0.39, 0.29) is 12.7 Å². The van der Waals surface area contributed by atoms with Crippen LogP contribution >= 0.6 is 0 Å². The lowest BCUT2D eigenvalue weighted by atomic mass is 9.88. The minimum Gasteiger partial charge on any atom is -0.396 e. The topological polar surface area (TPSA) is 40.5 Å². The molecule has 0 radical (unpaired) electrons. The predicted molar refractivity (Wildman–Crippen MR) is 116 cm³/mol. The normalized spacial score (nSPS) is 13.8. The Labute approximate surface area is 165 Å². The summed E-state index contributed by atoms with van der Waals surface area (Å²) in [6, 6.07) is 0. The van der Waals surface area contributed by atoms with Gasteiger partial charge in [-0.05, 0) is 31.6 Å². The molecule has 2 heteroatoms. The summed E-state index contributed by atoms with van der Waals surface area (Å²) in [4.78, 5) is 0. The van der Waals surface area contributed by atoms with E-state index >= 15 is 0 Å². The smallest absolute Gasteiger partial charge is 0.0568 e. The van der Waals surface area contributed by atoms with E-state index in [9.17, 15) is 5.11 Å². The lowest BCUT2D eigenvalue weighted by Gasteiger charge is -2.23. The number of rotatable bonds is 21. The number of hydrogen-bond donors (Lipinski definition) is 2. The van der Waals surface area contributed by atoms with E-state index in [0.29, 0.717) is 5.92 Å². The number of hydrogen-bond acceptors (Lipinski definition) is 2. The largest absolute Gasteiger partial charge is 0.396 e. The van der Waals surface area contributed by atoms with E-state index in [1.807, 2.05) is 0 Å². The van der Waals surface area contributed by atoms with Gasteiger partial charge in [0, 0.05) is 6.61 Å². The molecule has 0 aromatic heterocycles. The molecule has 0 spiro atoms. The lowest BCUT2D eigenvalue weighted by Crippen LogP contribution is -2.21. The second-order valence-corrected chi connectivity index (χ2v) is 8.37. The summed E-state index contributed by atoms with van der Waals surface area (Å²) in [6.07, 6.45) is 23.7. The van der Waals surface area contributed by atoms with Crippen LogP contribution in [0.25, 0.3) is 0 Å². The number of aliphatic hydroxyl groups is 2. The number of aliphatic hydroxyl groups excluding tert-OH is 2. The summed E-state index contributed by atoms with van der Waals surface area (Å²) in [7, 11) is 0. The van der Waals surface area contributed by atoms with Gasteiger partial charge in [0.15, 0.2) is 0 Å². The van der Waals surface area contributed by atoms with Crippen LogP contribution in [0.3, 0.4) is 0 Å². The van der Waals surface area contributed by atoms with Crippen molar-refractivity contribution in [1.29, 1.82) is 0 Å². The van der Waals surface area contributed by atoms with Gasteiger partial charge < -0.3 is 10.2 Å².